The summed E-state index contributed by atoms with van der Waals surface area (Å²) in [4.78, 5) is 18.2. The molecule has 2 heterocycles. The van der Waals surface area contributed by atoms with Crippen molar-refractivity contribution in [2.45, 2.75) is 38.1 Å². The summed E-state index contributed by atoms with van der Waals surface area (Å²) < 4.78 is 11.4. The lowest BCUT2D eigenvalue weighted by molar-refractivity contribution is -0.140. The first kappa shape index (κ1) is 25.1. The van der Waals surface area contributed by atoms with Gasteiger partial charge in [-0.15, -0.1) is 10.2 Å². The predicted molar refractivity (Wildman–Crippen MR) is 136 cm³/mol. The molecule has 2 aromatic carbocycles. The highest BCUT2D eigenvalue weighted by Crippen LogP contribution is 2.47. The average molecular weight is 513 g/mol. The SMILES string of the molecule is CNC(COC(=O)C1=C(C)N=C(C)C(c2nnco2)C1c1cccc(Cl)c1Cl)Cc1ccccc1. The zero-order valence-corrected chi connectivity index (χ0v) is 21.2. The van der Waals surface area contributed by atoms with Crippen LogP contribution in [0.2, 0.25) is 10.0 Å². The Labute approximate surface area is 214 Å². The first-order valence-electron chi connectivity index (χ1n) is 11.2. The van der Waals surface area contributed by atoms with Gasteiger partial charge in [0, 0.05) is 23.4 Å². The Morgan fingerprint density at radius 1 is 1.11 bits per heavy atom. The summed E-state index contributed by atoms with van der Waals surface area (Å²) in [7, 11) is 1.85. The van der Waals surface area contributed by atoms with Gasteiger partial charge in [-0.05, 0) is 44.5 Å². The van der Waals surface area contributed by atoms with Crippen molar-refractivity contribution in [1.29, 1.82) is 0 Å². The van der Waals surface area contributed by atoms with Crippen molar-refractivity contribution in [3.63, 3.8) is 0 Å². The van der Waals surface area contributed by atoms with Crippen molar-refractivity contribution in [2.24, 2.45) is 4.99 Å². The first-order chi connectivity index (χ1) is 16.9. The molecule has 7 nitrogen and oxygen atoms in total. The fourth-order valence-electron chi connectivity index (χ4n) is 4.43. The third-order valence-electron chi connectivity index (χ3n) is 6.16. The van der Waals surface area contributed by atoms with Gasteiger partial charge in [0.05, 0.1) is 21.5 Å². The van der Waals surface area contributed by atoms with Crippen molar-refractivity contribution in [3.05, 3.63) is 93.3 Å². The summed E-state index contributed by atoms with van der Waals surface area (Å²) >= 11 is 13.0. The van der Waals surface area contributed by atoms with E-state index in [0.717, 1.165) is 11.3 Å². The van der Waals surface area contributed by atoms with E-state index in [-0.39, 0.29) is 12.6 Å². The maximum absolute atomic E-state index is 13.6. The van der Waals surface area contributed by atoms with Crippen LogP contribution in [0, 0.1) is 0 Å². The van der Waals surface area contributed by atoms with E-state index in [1.807, 2.05) is 50.4 Å². The van der Waals surface area contributed by atoms with Gasteiger partial charge in [0.15, 0.2) is 0 Å². The molecule has 1 aliphatic rings. The topological polar surface area (TPSA) is 89.6 Å². The lowest BCUT2D eigenvalue weighted by Gasteiger charge is -2.32. The van der Waals surface area contributed by atoms with E-state index >= 15 is 0 Å². The van der Waals surface area contributed by atoms with Crippen LogP contribution in [0.4, 0.5) is 0 Å². The molecule has 0 bridgehead atoms. The number of nitrogens with one attached hydrogen (secondary N) is 1. The highest BCUT2D eigenvalue weighted by atomic mass is 35.5. The van der Waals surface area contributed by atoms with Crippen molar-refractivity contribution >= 4 is 34.9 Å². The van der Waals surface area contributed by atoms with Gasteiger partial charge in [0.2, 0.25) is 12.3 Å². The predicted octanol–water partition coefficient (Wildman–Crippen LogP) is 5.37. The Balaban J connectivity index is 1.66. The van der Waals surface area contributed by atoms with Crippen molar-refractivity contribution in [3.8, 4) is 0 Å². The van der Waals surface area contributed by atoms with E-state index in [0.29, 0.717) is 39.2 Å². The number of nitrogens with zero attached hydrogens (tertiary/aromatic N) is 3. The monoisotopic (exact) mass is 512 g/mol. The molecule has 3 aromatic rings. The van der Waals surface area contributed by atoms with Gasteiger partial charge in [-0.2, -0.15) is 0 Å². The summed E-state index contributed by atoms with van der Waals surface area (Å²) in [5.74, 6) is -1.20. The molecule has 1 aliphatic heterocycles. The number of carbonyl (C=O) groups excluding carboxylic acids is 1. The Hall–Kier alpha value is -3.00. The van der Waals surface area contributed by atoms with Gasteiger partial charge in [-0.25, -0.2) is 4.79 Å². The molecule has 9 heteroatoms. The summed E-state index contributed by atoms with van der Waals surface area (Å²) in [5.41, 5.74) is 3.47. The number of esters is 1. The number of aliphatic imine (C=N–C) groups is 1. The fourth-order valence-corrected chi connectivity index (χ4v) is 4.86. The molecule has 0 fully saturated rings. The van der Waals surface area contributed by atoms with Crippen LogP contribution >= 0.6 is 23.2 Å². The normalized spacial score (nSPS) is 18.8. The Morgan fingerprint density at radius 3 is 2.57 bits per heavy atom. The summed E-state index contributed by atoms with van der Waals surface area (Å²) in [5, 5.41) is 11.9. The number of halogens is 2. The molecule has 0 saturated carbocycles. The number of hydrogen-bond donors (Lipinski definition) is 1. The van der Waals surface area contributed by atoms with Crippen molar-refractivity contribution < 1.29 is 13.9 Å². The molecule has 4 rings (SSSR count). The van der Waals surface area contributed by atoms with Gasteiger partial charge < -0.3 is 14.5 Å². The molecule has 0 aliphatic carbocycles. The minimum atomic E-state index is -0.561. The minimum absolute atomic E-state index is 0.0592. The van der Waals surface area contributed by atoms with Crippen LogP contribution < -0.4 is 5.32 Å². The number of hydrogen-bond acceptors (Lipinski definition) is 7. The third-order valence-corrected chi connectivity index (χ3v) is 6.99. The highest BCUT2D eigenvalue weighted by molar-refractivity contribution is 6.42. The summed E-state index contributed by atoms with van der Waals surface area (Å²) in [6.45, 7) is 3.84. The summed E-state index contributed by atoms with van der Waals surface area (Å²) in [6.07, 6.45) is 1.97. The van der Waals surface area contributed by atoms with E-state index < -0.39 is 17.8 Å². The molecule has 3 atom stereocenters. The van der Waals surface area contributed by atoms with Crippen LogP contribution in [-0.4, -0.2) is 41.6 Å². The average Bonchev–Trinajstić information content (AvgIpc) is 3.38. The van der Waals surface area contributed by atoms with Crippen LogP contribution in [0.5, 0.6) is 0 Å². The van der Waals surface area contributed by atoms with Crippen LogP contribution in [-0.2, 0) is 16.0 Å². The molecule has 0 spiro atoms. The minimum Gasteiger partial charge on any atom is -0.461 e. The van der Waals surface area contributed by atoms with Crippen LogP contribution in [0.1, 0.15) is 42.7 Å². The molecule has 1 N–H and O–H groups in total. The van der Waals surface area contributed by atoms with Gasteiger partial charge in [-0.1, -0.05) is 65.7 Å². The van der Waals surface area contributed by atoms with E-state index in [1.165, 1.54) is 6.39 Å². The molecule has 0 amide bonds. The zero-order chi connectivity index (χ0) is 24.9. The maximum Gasteiger partial charge on any atom is 0.336 e. The molecule has 3 unspecified atom stereocenters. The molecular formula is C26H26Cl2N4O3. The van der Waals surface area contributed by atoms with Gasteiger partial charge in [0.25, 0.3) is 0 Å². The highest BCUT2D eigenvalue weighted by Gasteiger charge is 2.42. The largest absolute Gasteiger partial charge is 0.461 e. The van der Waals surface area contributed by atoms with E-state index in [1.54, 1.807) is 19.1 Å². The molecule has 35 heavy (non-hydrogen) atoms. The molecular weight excluding hydrogens is 487 g/mol. The van der Waals surface area contributed by atoms with Gasteiger partial charge >= 0.3 is 5.97 Å². The smallest absolute Gasteiger partial charge is 0.336 e. The van der Waals surface area contributed by atoms with Crippen molar-refractivity contribution in [1.82, 2.24) is 15.5 Å². The standard InChI is InChI=1S/C26H26Cl2N4O3/c1-15-21(25-32-30-14-35-25)23(19-10-7-11-20(27)24(19)28)22(16(2)31-15)26(33)34-13-18(29-3)12-17-8-5-4-6-9-17/h4-11,14,18,21,23,29H,12-13H2,1-3H3. The second kappa shape index (κ2) is 11.2. The number of carbonyl (C=O) groups is 1. The van der Waals surface area contributed by atoms with Crippen molar-refractivity contribution in [2.75, 3.05) is 13.7 Å². The van der Waals surface area contributed by atoms with Crippen LogP contribution in [0.3, 0.4) is 0 Å². The third kappa shape index (κ3) is 5.48. The van der Waals surface area contributed by atoms with Crippen LogP contribution in [0.25, 0.3) is 0 Å². The molecule has 182 valence electrons. The molecule has 0 saturated heterocycles. The number of likely N-dealkylation sites (N-methyl/N-ethyl adjacent to an activating group) is 1. The maximum atomic E-state index is 13.6. The Morgan fingerprint density at radius 2 is 1.89 bits per heavy atom. The van der Waals surface area contributed by atoms with E-state index in [9.17, 15) is 4.79 Å². The Bertz CT molecular complexity index is 1240. The molecule has 0 radical (unpaired) electrons. The van der Waals surface area contributed by atoms with Crippen LogP contribution in [0.15, 0.2) is 75.6 Å². The Kier molecular flexibility index (Phi) is 8.00. The lowest BCUT2D eigenvalue weighted by atomic mass is 9.75. The summed E-state index contributed by atoms with van der Waals surface area (Å²) in [6, 6.07) is 15.3. The number of rotatable bonds is 8. The number of aromatic nitrogens is 2. The van der Waals surface area contributed by atoms with E-state index in [4.69, 9.17) is 32.4 Å². The number of allylic oxidation sites excluding steroid dienone is 1. The second-order valence-electron chi connectivity index (χ2n) is 8.40. The zero-order valence-electron chi connectivity index (χ0n) is 19.7. The van der Waals surface area contributed by atoms with Gasteiger partial charge in [0.1, 0.15) is 6.61 Å². The lowest BCUT2D eigenvalue weighted by Crippen LogP contribution is -2.35. The number of benzene rings is 2. The first-order valence-corrected chi connectivity index (χ1v) is 12.0. The molecule has 1 aromatic heterocycles. The van der Waals surface area contributed by atoms with Gasteiger partial charge in [-0.3, -0.25) is 4.99 Å². The van der Waals surface area contributed by atoms with E-state index in [2.05, 4.69) is 20.5 Å². The second-order valence-corrected chi connectivity index (χ2v) is 9.19. The quantitative estimate of drug-likeness (QED) is 0.408. The number of ether oxygens (including phenoxy) is 1. The fraction of sp³-hybridized carbons (Fsp3) is 0.308.